The molecule has 1 aromatic carbocycles. The van der Waals surface area contributed by atoms with Crippen LogP contribution in [0.2, 0.25) is 0 Å². The average Bonchev–Trinajstić information content (AvgIpc) is 2.36. The number of halogens is 5. The normalized spacial score (nSPS) is 11.5. The lowest BCUT2D eigenvalue weighted by Crippen LogP contribution is -2.07. The molecule has 1 heterocycles. The summed E-state index contributed by atoms with van der Waals surface area (Å²) in [4.78, 5) is 3.87. The van der Waals surface area contributed by atoms with Crippen molar-refractivity contribution in [1.29, 1.82) is 0 Å². The van der Waals surface area contributed by atoms with Gasteiger partial charge in [0.25, 0.3) is 0 Å². The molecule has 0 spiro atoms. The zero-order chi connectivity index (χ0) is 14.9. The number of pyridine rings is 1. The highest BCUT2D eigenvalue weighted by molar-refractivity contribution is 5.63. The minimum atomic E-state index is -4.57. The molecule has 0 bridgehead atoms. The molecule has 20 heavy (non-hydrogen) atoms. The molecule has 0 aliphatic carbocycles. The first-order valence-corrected chi connectivity index (χ1v) is 5.53. The van der Waals surface area contributed by atoms with Crippen molar-refractivity contribution < 1.29 is 22.0 Å². The van der Waals surface area contributed by atoms with Gasteiger partial charge in [0.2, 0.25) is 0 Å². The van der Waals surface area contributed by atoms with Crippen LogP contribution in [-0.2, 0) is 6.18 Å². The number of rotatable bonds is 2. The minimum Gasteiger partial charge on any atom is -0.373 e. The first-order valence-electron chi connectivity index (χ1n) is 5.53. The number of hydrogen-bond acceptors (Lipinski definition) is 2. The summed E-state index contributed by atoms with van der Waals surface area (Å²) in [6.45, 7) is 0. The molecule has 0 unspecified atom stereocenters. The predicted octanol–water partition coefficient (Wildman–Crippen LogP) is 4.09. The summed E-state index contributed by atoms with van der Waals surface area (Å²) in [6.07, 6.45) is -4.57. The molecule has 2 aromatic rings. The van der Waals surface area contributed by atoms with E-state index in [1.807, 2.05) is 0 Å². The molecule has 0 fully saturated rings. The summed E-state index contributed by atoms with van der Waals surface area (Å²) in [6, 6.07) is 4.04. The Hall–Kier alpha value is -2.18. The molecule has 0 amide bonds. The molecule has 0 saturated heterocycles. The number of alkyl halides is 3. The summed E-state index contributed by atoms with van der Waals surface area (Å²) >= 11 is 0. The molecule has 106 valence electrons. The predicted molar refractivity (Wildman–Crippen MR) is 64.1 cm³/mol. The van der Waals surface area contributed by atoms with Gasteiger partial charge in [-0.05, 0) is 24.3 Å². The van der Waals surface area contributed by atoms with Crippen molar-refractivity contribution in [3.05, 3.63) is 47.5 Å². The van der Waals surface area contributed by atoms with E-state index in [2.05, 4.69) is 10.3 Å². The highest BCUT2D eigenvalue weighted by atomic mass is 19.4. The third-order valence-corrected chi connectivity index (χ3v) is 2.57. The number of hydrogen-bond donors (Lipinski definition) is 1. The van der Waals surface area contributed by atoms with E-state index in [-0.39, 0.29) is 17.1 Å². The molecule has 1 aromatic heterocycles. The number of benzene rings is 1. The van der Waals surface area contributed by atoms with Crippen molar-refractivity contribution in [1.82, 2.24) is 4.98 Å². The fraction of sp³-hybridized carbons (Fsp3) is 0.154. The van der Waals surface area contributed by atoms with Crippen LogP contribution in [0.4, 0.5) is 27.8 Å². The van der Waals surface area contributed by atoms with Gasteiger partial charge < -0.3 is 5.32 Å². The highest BCUT2D eigenvalue weighted by Crippen LogP contribution is 2.33. The molecule has 0 aliphatic heterocycles. The van der Waals surface area contributed by atoms with Gasteiger partial charge in [-0.1, -0.05) is 0 Å². The Balaban J connectivity index is 2.61. The van der Waals surface area contributed by atoms with Gasteiger partial charge in [0.1, 0.15) is 17.5 Å². The van der Waals surface area contributed by atoms with Crippen molar-refractivity contribution >= 4 is 5.82 Å². The van der Waals surface area contributed by atoms with Gasteiger partial charge in [-0.15, -0.1) is 0 Å². The maximum absolute atomic E-state index is 13.1. The van der Waals surface area contributed by atoms with Crippen LogP contribution < -0.4 is 5.32 Å². The molecule has 0 atom stereocenters. The van der Waals surface area contributed by atoms with Gasteiger partial charge >= 0.3 is 6.18 Å². The Morgan fingerprint density at radius 3 is 2.05 bits per heavy atom. The van der Waals surface area contributed by atoms with Gasteiger partial charge in [0.15, 0.2) is 0 Å². The van der Waals surface area contributed by atoms with Crippen molar-refractivity contribution in [3.63, 3.8) is 0 Å². The quantitative estimate of drug-likeness (QED) is 0.842. The first kappa shape index (κ1) is 14.2. The third kappa shape index (κ3) is 3.04. The standard InChI is InChI=1S/C13H9F5N2/c1-19-12-5-8(13(16,17)18)4-11(20-12)7-2-9(14)6-10(15)3-7/h2-6H,1H3,(H,19,20). The Kier molecular flexibility index (Phi) is 3.61. The van der Waals surface area contributed by atoms with Crippen LogP contribution in [0.15, 0.2) is 30.3 Å². The molecule has 0 radical (unpaired) electrons. The lowest BCUT2D eigenvalue weighted by molar-refractivity contribution is -0.137. The van der Waals surface area contributed by atoms with E-state index in [0.29, 0.717) is 6.07 Å². The maximum Gasteiger partial charge on any atom is 0.416 e. The average molecular weight is 288 g/mol. The summed E-state index contributed by atoms with van der Waals surface area (Å²) in [5.41, 5.74) is -1.18. The fourth-order valence-corrected chi connectivity index (χ4v) is 1.67. The number of anilines is 1. The minimum absolute atomic E-state index is 0.0421. The molecule has 0 saturated carbocycles. The topological polar surface area (TPSA) is 24.9 Å². The maximum atomic E-state index is 13.1. The number of aromatic nitrogens is 1. The Morgan fingerprint density at radius 2 is 1.55 bits per heavy atom. The van der Waals surface area contributed by atoms with Crippen molar-refractivity contribution in [2.24, 2.45) is 0 Å². The van der Waals surface area contributed by atoms with Gasteiger partial charge in [-0.25, -0.2) is 13.8 Å². The molecule has 2 rings (SSSR count). The fourth-order valence-electron chi connectivity index (χ4n) is 1.67. The first-order chi connectivity index (χ1) is 9.29. The van der Waals surface area contributed by atoms with Crippen LogP contribution in [0, 0.1) is 11.6 Å². The molecule has 1 N–H and O–H groups in total. The highest BCUT2D eigenvalue weighted by Gasteiger charge is 2.31. The lowest BCUT2D eigenvalue weighted by Gasteiger charge is -2.11. The summed E-state index contributed by atoms with van der Waals surface area (Å²) in [5, 5.41) is 2.48. The van der Waals surface area contributed by atoms with E-state index in [9.17, 15) is 22.0 Å². The smallest absolute Gasteiger partial charge is 0.373 e. The van der Waals surface area contributed by atoms with E-state index in [1.165, 1.54) is 7.05 Å². The van der Waals surface area contributed by atoms with Crippen LogP contribution in [0.1, 0.15) is 5.56 Å². The van der Waals surface area contributed by atoms with Crippen LogP contribution in [0.25, 0.3) is 11.3 Å². The SMILES string of the molecule is CNc1cc(C(F)(F)F)cc(-c2cc(F)cc(F)c2)n1. The van der Waals surface area contributed by atoms with E-state index >= 15 is 0 Å². The second kappa shape index (κ2) is 5.07. The lowest BCUT2D eigenvalue weighted by atomic mass is 10.1. The molecule has 7 heteroatoms. The molecular formula is C13H9F5N2. The molecule has 0 aliphatic rings. The van der Waals surface area contributed by atoms with Crippen LogP contribution in [0.3, 0.4) is 0 Å². The number of nitrogens with one attached hydrogen (secondary N) is 1. The van der Waals surface area contributed by atoms with Crippen LogP contribution in [0.5, 0.6) is 0 Å². The van der Waals surface area contributed by atoms with E-state index in [4.69, 9.17) is 0 Å². The van der Waals surface area contributed by atoms with Crippen molar-refractivity contribution in [2.45, 2.75) is 6.18 Å². The summed E-state index contributed by atoms with van der Waals surface area (Å²) in [5.74, 6) is -1.81. The largest absolute Gasteiger partial charge is 0.416 e. The van der Waals surface area contributed by atoms with Crippen molar-refractivity contribution in [3.8, 4) is 11.3 Å². The van der Waals surface area contributed by atoms with Gasteiger partial charge in [-0.3, -0.25) is 0 Å². The van der Waals surface area contributed by atoms with Gasteiger partial charge in [0, 0.05) is 18.7 Å². The van der Waals surface area contributed by atoms with E-state index in [1.54, 1.807) is 0 Å². The third-order valence-electron chi connectivity index (χ3n) is 2.57. The van der Waals surface area contributed by atoms with Crippen LogP contribution in [-0.4, -0.2) is 12.0 Å². The van der Waals surface area contributed by atoms with Gasteiger partial charge in [-0.2, -0.15) is 13.2 Å². The molecule has 2 nitrogen and oxygen atoms in total. The number of nitrogens with zero attached hydrogens (tertiary/aromatic N) is 1. The molecular weight excluding hydrogens is 279 g/mol. The zero-order valence-electron chi connectivity index (χ0n) is 10.2. The van der Waals surface area contributed by atoms with E-state index in [0.717, 1.165) is 24.3 Å². The Bertz CT molecular complexity index is 617. The van der Waals surface area contributed by atoms with E-state index < -0.39 is 23.4 Å². The van der Waals surface area contributed by atoms with Crippen molar-refractivity contribution in [2.75, 3.05) is 12.4 Å². The van der Waals surface area contributed by atoms with Crippen LogP contribution >= 0.6 is 0 Å². The second-order valence-corrected chi connectivity index (χ2v) is 4.03. The summed E-state index contributed by atoms with van der Waals surface area (Å²) < 4.78 is 64.5. The summed E-state index contributed by atoms with van der Waals surface area (Å²) in [7, 11) is 1.40. The monoisotopic (exact) mass is 288 g/mol. The zero-order valence-corrected chi connectivity index (χ0v) is 10.2. The Morgan fingerprint density at radius 1 is 0.950 bits per heavy atom. The van der Waals surface area contributed by atoms with Gasteiger partial charge in [0.05, 0.1) is 11.3 Å². The Labute approximate surface area is 111 Å². The second-order valence-electron chi connectivity index (χ2n) is 4.03.